The first-order valence-electron chi connectivity index (χ1n) is 12.0. The summed E-state index contributed by atoms with van der Waals surface area (Å²) in [6.45, 7) is 4.03. The zero-order valence-corrected chi connectivity index (χ0v) is 21.1. The van der Waals surface area contributed by atoms with Gasteiger partial charge in [0.2, 0.25) is 5.82 Å². The van der Waals surface area contributed by atoms with Crippen LogP contribution in [0.5, 0.6) is 17.2 Å². The van der Waals surface area contributed by atoms with E-state index < -0.39 is 0 Å². The Morgan fingerprint density at radius 1 is 1.00 bits per heavy atom. The van der Waals surface area contributed by atoms with Crippen molar-refractivity contribution in [2.75, 3.05) is 14.2 Å². The maximum absolute atomic E-state index is 13.6. The molecule has 0 bridgehead atoms. The Morgan fingerprint density at radius 3 is 2.54 bits per heavy atom. The molecule has 0 unspecified atom stereocenters. The predicted octanol–water partition coefficient (Wildman–Crippen LogP) is 5.89. The molecule has 1 atom stereocenters. The molecule has 0 aliphatic rings. The monoisotopic (exact) mass is 497 g/mol. The van der Waals surface area contributed by atoms with Gasteiger partial charge < -0.3 is 18.6 Å². The number of furan rings is 1. The van der Waals surface area contributed by atoms with Crippen LogP contribution in [0.25, 0.3) is 33.5 Å². The van der Waals surface area contributed by atoms with Crippen molar-refractivity contribution in [2.24, 2.45) is 5.10 Å². The number of para-hydroxylation sites is 2. The van der Waals surface area contributed by atoms with E-state index in [-0.39, 0.29) is 17.5 Å². The van der Waals surface area contributed by atoms with Crippen molar-refractivity contribution in [3.63, 3.8) is 0 Å². The number of hydrogen-bond acceptors (Lipinski definition) is 7. The Kier molecular flexibility index (Phi) is 6.64. The van der Waals surface area contributed by atoms with Crippen molar-refractivity contribution < 1.29 is 18.6 Å². The second-order valence-electron chi connectivity index (χ2n) is 8.51. The van der Waals surface area contributed by atoms with Crippen LogP contribution in [0.1, 0.15) is 25.8 Å². The summed E-state index contributed by atoms with van der Waals surface area (Å²) in [5.41, 5.74) is 1.50. The molecule has 8 heteroatoms. The quantitative estimate of drug-likeness (QED) is 0.249. The second-order valence-corrected chi connectivity index (χ2v) is 8.51. The third-order valence-corrected chi connectivity index (χ3v) is 6.15. The lowest BCUT2D eigenvalue weighted by Crippen LogP contribution is -2.20. The number of aromatic nitrogens is 2. The summed E-state index contributed by atoms with van der Waals surface area (Å²) in [5, 5.41) is 5.79. The van der Waals surface area contributed by atoms with Gasteiger partial charge in [0.05, 0.1) is 42.8 Å². The molecule has 0 fully saturated rings. The summed E-state index contributed by atoms with van der Waals surface area (Å²) < 4.78 is 24.5. The molecule has 37 heavy (non-hydrogen) atoms. The number of benzene rings is 3. The topological polar surface area (TPSA) is 88.1 Å². The van der Waals surface area contributed by atoms with E-state index in [4.69, 9.17) is 23.6 Å². The van der Waals surface area contributed by atoms with Gasteiger partial charge in [0.15, 0.2) is 17.3 Å². The van der Waals surface area contributed by atoms with Gasteiger partial charge in [-0.25, -0.2) is 4.98 Å². The molecule has 2 heterocycles. The number of methoxy groups -OCH3 is 2. The lowest BCUT2D eigenvalue weighted by atomic mass is 10.2. The average molecular weight is 498 g/mol. The van der Waals surface area contributed by atoms with E-state index in [2.05, 4.69) is 5.10 Å². The van der Waals surface area contributed by atoms with Gasteiger partial charge in [0, 0.05) is 5.56 Å². The van der Waals surface area contributed by atoms with Crippen LogP contribution in [-0.2, 0) is 0 Å². The van der Waals surface area contributed by atoms with E-state index >= 15 is 0 Å². The largest absolute Gasteiger partial charge is 0.496 e. The number of nitrogens with zero attached hydrogens (tertiary/aromatic N) is 3. The first kappa shape index (κ1) is 24.1. The number of rotatable bonds is 8. The molecule has 0 radical (unpaired) electrons. The highest BCUT2D eigenvalue weighted by Gasteiger charge is 2.18. The van der Waals surface area contributed by atoms with Crippen molar-refractivity contribution in [3.8, 4) is 28.8 Å². The van der Waals surface area contributed by atoms with Crippen molar-refractivity contribution >= 4 is 28.1 Å². The highest BCUT2D eigenvalue weighted by molar-refractivity contribution is 5.89. The normalized spacial score (nSPS) is 12.3. The summed E-state index contributed by atoms with van der Waals surface area (Å²) in [6.07, 6.45) is 2.36. The molecule has 5 rings (SSSR count). The molecule has 0 amide bonds. The Hall–Kier alpha value is -4.59. The smallest absolute Gasteiger partial charge is 0.282 e. The highest BCUT2D eigenvalue weighted by atomic mass is 16.5. The molecule has 2 aromatic heterocycles. The van der Waals surface area contributed by atoms with Gasteiger partial charge in [0.25, 0.3) is 5.56 Å². The maximum atomic E-state index is 13.6. The molecule has 8 nitrogen and oxygen atoms in total. The number of hydrogen-bond donors (Lipinski definition) is 0. The molecular weight excluding hydrogens is 470 g/mol. The predicted molar refractivity (Wildman–Crippen MR) is 144 cm³/mol. The summed E-state index contributed by atoms with van der Waals surface area (Å²) in [4.78, 5) is 18.3. The van der Waals surface area contributed by atoms with Gasteiger partial charge in [-0.2, -0.15) is 9.78 Å². The zero-order chi connectivity index (χ0) is 25.9. The van der Waals surface area contributed by atoms with Crippen LogP contribution in [0.3, 0.4) is 0 Å². The van der Waals surface area contributed by atoms with E-state index in [9.17, 15) is 4.79 Å². The second kappa shape index (κ2) is 10.2. The maximum Gasteiger partial charge on any atom is 0.282 e. The Bertz CT molecular complexity index is 1670. The van der Waals surface area contributed by atoms with Crippen molar-refractivity contribution in [1.29, 1.82) is 0 Å². The van der Waals surface area contributed by atoms with Crippen LogP contribution < -0.4 is 19.8 Å². The van der Waals surface area contributed by atoms with Gasteiger partial charge in [-0.3, -0.25) is 4.79 Å². The first-order chi connectivity index (χ1) is 18.0. The molecule has 0 aliphatic heterocycles. The van der Waals surface area contributed by atoms with E-state index in [1.54, 1.807) is 44.7 Å². The third kappa shape index (κ3) is 4.53. The minimum absolute atomic E-state index is 0.0328. The average Bonchev–Trinajstić information content (AvgIpc) is 3.37. The zero-order valence-electron chi connectivity index (χ0n) is 21.1. The van der Waals surface area contributed by atoms with Gasteiger partial charge >= 0.3 is 0 Å². The van der Waals surface area contributed by atoms with Crippen molar-refractivity contribution in [2.45, 2.75) is 26.4 Å². The molecule has 5 aromatic rings. The van der Waals surface area contributed by atoms with E-state index in [1.165, 1.54) is 4.68 Å². The van der Waals surface area contributed by atoms with Crippen LogP contribution >= 0.6 is 0 Å². The highest BCUT2D eigenvalue weighted by Crippen LogP contribution is 2.34. The van der Waals surface area contributed by atoms with E-state index in [0.29, 0.717) is 45.1 Å². The summed E-state index contributed by atoms with van der Waals surface area (Å²) in [6, 6.07) is 20.0. The van der Waals surface area contributed by atoms with E-state index in [0.717, 1.165) is 11.8 Å². The van der Waals surface area contributed by atoms with Gasteiger partial charge in [0.1, 0.15) is 11.3 Å². The minimum Gasteiger partial charge on any atom is -0.496 e. The summed E-state index contributed by atoms with van der Waals surface area (Å²) in [5.74, 6) is 2.46. The molecule has 3 aromatic carbocycles. The number of fused-ring (bicyclic) bond motifs is 2. The third-order valence-electron chi connectivity index (χ3n) is 6.15. The Balaban J connectivity index is 1.70. The van der Waals surface area contributed by atoms with Crippen LogP contribution in [0.4, 0.5) is 0 Å². The fourth-order valence-electron chi connectivity index (χ4n) is 4.04. The minimum atomic E-state index is -0.323. The Labute approximate surface area is 213 Å². The standard InChI is InChI=1S/C29H27N3O5/c1-5-18(2)36-27-19(10-8-15-25(27)35-4)17-30-32-28(31-22-12-7-6-11-20(22)29(32)33)26-16-21-23(34-3)13-9-14-24(21)37-26/h6-18H,5H2,1-4H3/t18-/m0/s1. The van der Waals surface area contributed by atoms with Gasteiger partial charge in [-0.05, 0) is 55.8 Å². The molecule has 0 saturated carbocycles. The van der Waals surface area contributed by atoms with Crippen LogP contribution in [-0.4, -0.2) is 36.2 Å². The van der Waals surface area contributed by atoms with Crippen LogP contribution in [0.2, 0.25) is 0 Å². The van der Waals surface area contributed by atoms with E-state index in [1.807, 2.05) is 56.3 Å². The molecule has 0 spiro atoms. The lowest BCUT2D eigenvalue weighted by molar-refractivity contribution is 0.207. The van der Waals surface area contributed by atoms with Gasteiger partial charge in [-0.1, -0.05) is 31.2 Å². The van der Waals surface area contributed by atoms with Crippen LogP contribution in [0, 0.1) is 0 Å². The first-order valence-corrected chi connectivity index (χ1v) is 12.0. The molecule has 0 N–H and O–H groups in total. The van der Waals surface area contributed by atoms with Crippen LogP contribution in [0.15, 0.2) is 81.0 Å². The molecule has 0 saturated heterocycles. The molecule has 0 aliphatic carbocycles. The lowest BCUT2D eigenvalue weighted by Gasteiger charge is -2.17. The van der Waals surface area contributed by atoms with Crippen molar-refractivity contribution in [3.05, 3.63) is 82.6 Å². The Morgan fingerprint density at radius 2 is 1.76 bits per heavy atom. The van der Waals surface area contributed by atoms with Gasteiger partial charge in [-0.15, -0.1) is 0 Å². The summed E-state index contributed by atoms with van der Waals surface area (Å²) >= 11 is 0. The fraction of sp³-hybridized carbons (Fsp3) is 0.207. The molecule has 188 valence electrons. The number of ether oxygens (including phenoxy) is 3. The SMILES string of the molecule is CC[C@H](C)Oc1c(C=Nn2c(-c3cc4c(OC)cccc4o3)nc3ccccc3c2=O)cccc1OC. The fourth-order valence-corrected chi connectivity index (χ4v) is 4.04. The molecular formula is C29H27N3O5. The van der Waals surface area contributed by atoms with Crippen molar-refractivity contribution in [1.82, 2.24) is 9.66 Å². The summed E-state index contributed by atoms with van der Waals surface area (Å²) in [7, 11) is 3.19.